The Bertz CT molecular complexity index is 5860. The van der Waals surface area contributed by atoms with Gasteiger partial charge in [-0.05, 0) is 130 Å². The van der Waals surface area contributed by atoms with Crippen LogP contribution in [0.3, 0.4) is 0 Å². The van der Waals surface area contributed by atoms with Crippen LogP contribution in [0.2, 0.25) is 0 Å². The van der Waals surface area contributed by atoms with Gasteiger partial charge in [-0.15, -0.1) is 0 Å². The van der Waals surface area contributed by atoms with E-state index >= 15 is 0 Å². The lowest BCUT2D eigenvalue weighted by Gasteiger charge is -2.32. The van der Waals surface area contributed by atoms with E-state index in [-0.39, 0.29) is 0 Å². The van der Waals surface area contributed by atoms with Crippen molar-refractivity contribution in [1.29, 1.82) is 0 Å². The molecule has 0 N–H and O–H groups in total. The van der Waals surface area contributed by atoms with Gasteiger partial charge in [0.05, 0.1) is 55.2 Å². The highest BCUT2D eigenvalue weighted by atomic mass is 15.1. The lowest BCUT2D eigenvalue weighted by molar-refractivity contribution is 0.660. The average molecular weight is 894 g/mol. The Balaban J connectivity index is 1.40. The van der Waals surface area contributed by atoms with Crippen molar-refractivity contribution in [2.45, 2.75) is 38.4 Å². The second-order valence-electron chi connectivity index (χ2n) is 15.8. The van der Waals surface area contributed by atoms with Crippen molar-refractivity contribution >= 4 is 49.4 Å². The SMILES string of the molecule is [2H]CC1(C([2H])[2H])c2cc([2H])c([2H])c(N(c3c([2H])c([2H])c4c(c3[2H])C(C[2H])(C([2H])[2H])c3c([2H])c([2H])cc([2H])c3-4)c3c([2H])c([2H])c4c(c3-c3c([2H])c([2H])c([2H])c(-c5c([2H])c([2H])cc(-c6c([2H])c([2H])c([2H])c([2H])c6[2H])c5[2H])c3[2H])c3cc([2H])c([2H])c([2H])c3c3c([2H])c([2H])c([2H])c([2H])c34)c2-c2c([2H])c([2H])cc([2H])c21. The molecule has 67 heavy (non-hydrogen) atoms. The lowest BCUT2D eigenvalue weighted by atomic mass is 9.82. The van der Waals surface area contributed by atoms with Crippen molar-refractivity contribution in [3.63, 3.8) is 0 Å². The fourth-order valence-corrected chi connectivity index (χ4v) is 9.02. The number of hydrogen-bond donors (Lipinski definition) is 0. The Morgan fingerprint density at radius 2 is 1.03 bits per heavy atom. The van der Waals surface area contributed by atoms with Crippen LogP contribution in [0.4, 0.5) is 17.1 Å². The second kappa shape index (κ2) is 14.8. The monoisotopic (exact) mass is 894 g/mol. The fourth-order valence-electron chi connectivity index (χ4n) is 9.02. The van der Waals surface area contributed by atoms with Crippen LogP contribution in [0.5, 0.6) is 0 Å². The van der Waals surface area contributed by atoms with E-state index in [1.165, 1.54) is 0 Å². The van der Waals surface area contributed by atoms with Crippen molar-refractivity contribution < 1.29 is 52.1 Å². The van der Waals surface area contributed by atoms with Crippen LogP contribution in [0.25, 0.3) is 88.0 Å². The molecule has 0 heterocycles. The first-order valence-electron chi connectivity index (χ1n) is 40.1. The Labute approximate surface area is 446 Å². The van der Waals surface area contributed by atoms with Crippen molar-refractivity contribution in [2.24, 2.45) is 0 Å². The van der Waals surface area contributed by atoms with Crippen LogP contribution < -0.4 is 4.90 Å². The normalized spacial score (nSPS) is 24.8. The van der Waals surface area contributed by atoms with E-state index in [1.807, 2.05) is 0 Å². The molecule has 0 aromatic heterocycles. The first-order valence-corrected chi connectivity index (χ1v) is 20.3. The summed E-state index contributed by atoms with van der Waals surface area (Å²) >= 11 is 0. The van der Waals surface area contributed by atoms with Gasteiger partial charge in [0.15, 0.2) is 0 Å². The van der Waals surface area contributed by atoms with Gasteiger partial charge in [0, 0.05) is 41.3 Å². The fraction of sp³-hybridized carbons (Fsp3) is 0.0909. The van der Waals surface area contributed by atoms with Crippen LogP contribution in [0, 0.1) is 0 Å². The quantitative estimate of drug-likeness (QED) is 0.150. The summed E-state index contributed by atoms with van der Waals surface area (Å²) in [5.41, 5.74) is -19.8. The molecule has 1 heteroatoms. The molecular formula is C66H49N. The molecule has 2 aliphatic carbocycles. The summed E-state index contributed by atoms with van der Waals surface area (Å²) in [6.45, 7) is -7.20. The van der Waals surface area contributed by atoms with Gasteiger partial charge in [-0.1, -0.05) is 215 Å². The topological polar surface area (TPSA) is 3.24 Å². The maximum absolute atomic E-state index is 10.8. The predicted molar refractivity (Wildman–Crippen MR) is 285 cm³/mol. The van der Waals surface area contributed by atoms with Gasteiger partial charge >= 0.3 is 0 Å². The van der Waals surface area contributed by atoms with Crippen molar-refractivity contribution in [2.75, 3.05) is 4.90 Å². The summed E-state index contributed by atoms with van der Waals surface area (Å²) in [5, 5.41) is -4.48. The van der Waals surface area contributed by atoms with Crippen LogP contribution in [-0.2, 0) is 10.8 Å². The van der Waals surface area contributed by atoms with E-state index < -0.39 is 359 Å². The molecule has 0 saturated carbocycles. The van der Waals surface area contributed by atoms with Crippen molar-refractivity contribution in [1.82, 2.24) is 0 Å². The van der Waals surface area contributed by atoms with Crippen LogP contribution in [-0.4, -0.2) is 0 Å². The van der Waals surface area contributed by atoms with Gasteiger partial charge in [0.1, 0.15) is 0 Å². The first-order chi connectivity index (χ1) is 49.1. The molecule has 11 aromatic rings. The molecule has 0 bridgehead atoms. The molecule has 2 aliphatic rings. The minimum Gasteiger partial charge on any atom is -0.309 e. The van der Waals surface area contributed by atoms with Gasteiger partial charge in [0.25, 0.3) is 0 Å². The highest BCUT2D eigenvalue weighted by molar-refractivity contribution is 6.30. The third kappa shape index (κ3) is 5.87. The number of benzene rings is 11. The Hall–Kier alpha value is -8.00. The smallest absolute Gasteiger partial charge is 0.0648 e. The second-order valence-corrected chi connectivity index (χ2v) is 15.8. The molecule has 2 unspecified atom stereocenters. The lowest BCUT2D eigenvalue weighted by Crippen LogP contribution is -2.18. The maximum atomic E-state index is 10.8. The number of nitrogens with zero attached hydrogens (tertiary/aromatic N) is 1. The number of fused-ring (bicyclic) bond motifs is 12. The standard InChI is InChI=1S/C66H49N/c1-65(2)57-32-15-13-30-55(57)64-58(65)33-18-34-60(64)67(47-35-36-52-51-28-12-14-31-56(51)66(3,4)59(52)41-47)61-38-37-54-50-27-9-8-25-48(50)49-26-10-11-29-53(49)63(54)62(61)46-24-17-23-45(40-46)44-22-16-21-43(39-44)42-19-6-5-7-20-42/h5-41H,1-4H3/i1D,2D2,3D,4D2,5D,6D,7D,8D,9D,10D,11D,13D,14D,16D,17D,18D,19D,20D,22D,23D,24D,25D,26D,27D,28D,30D,31D,32D,34D,35D,36D,37D,38D,39D,40D,41D. The zero-order chi connectivity index (χ0) is 77.4. The molecule has 0 amide bonds. The minimum absolute atomic E-state index is 0.478. The zero-order valence-corrected chi connectivity index (χ0v) is 34.4. The molecule has 318 valence electrons. The molecule has 0 aliphatic heterocycles. The minimum atomic E-state index is -2.74. The summed E-state index contributed by atoms with van der Waals surface area (Å²) in [6.07, 6.45) is 0. The molecule has 0 radical (unpaired) electrons. The molecule has 0 saturated heterocycles. The summed E-state index contributed by atoms with van der Waals surface area (Å²) in [5.74, 6) is 0. The van der Waals surface area contributed by atoms with Gasteiger partial charge in [-0.25, -0.2) is 0 Å². The molecule has 11 aromatic carbocycles. The number of hydrogen-bond acceptors (Lipinski definition) is 1. The van der Waals surface area contributed by atoms with Gasteiger partial charge in [-0.3, -0.25) is 0 Å². The van der Waals surface area contributed by atoms with E-state index in [9.17, 15) is 38.4 Å². The van der Waals surface area contributed by atoms with Gasteiger partial charge in [0.2, 0.25) is 0 Å². The van der Waals surface area contributed by atoms with E-state index in [0.717, 1.165) is 30.3 Å². The average Bonchev–Trinajstić information content (AvgIpc) is 1.57. The van der Waals surface area contributed by atoms with Crippen molar-refractivity contribution in [3.8, 4) is 55.6 Å². The van der Waals surface area contributed by atoms with E-state index in [1.54, 1.807) is 0 Å². The molecule has 0 spiro atoms. The maximum Gasteiger partial charge on any atom is 0.0648 e. The van der Waals surface area contributed by atoms with Crippen LogP contribution in [0.15, 0.2) is 224 Å². The van der Waals surface area contributed by atoms with E-state index in [0.29, 0.717) is 4.90 Å². The van der Waals surface area contributed by atoms with Crippen LogP contribution >= 0.6 is 0 Å². The van der Waals surface area contributed by atoms with E-state index in [4.69, 9.17) is 13.7 Å². The molecule has 13 rings (SSSR count). The van der Waals surface area contributed by atoms with E-state index in [2.05, 4.69) is 0 Å². The third-order valence-electron chi connectivity index (χ3n) is 12.0. The molecule has 2 atom stereocenters. The van der Waals surface area contributed by atoms with Crippen LogP contribution in [0.1, 0.15) is 102 Å². The predicted octanol–water partition coefficient (Wildman–Crippen LogP) is 18.2. The summed E-state index contributed by atoms with van der Waals surface area (Å²) in [7, 11) is 0. The Morgan fingerprint density at radius 3 is 1.88 bits per heavy atom. The summed E-state index contributed by atoms with van der Waals surface area (Å²) < 4.78 is 361. The van der Waals surface area contributed by atoms with Crippen molar-refractivity contribution in [3.05, 3.63) is 246 Å². The highest BCUT2D eigenvalue weighted by Crippen LogP contribution is 2.57. The number of anilines is 3. The Kier molecular flexibility index (Phi) is 3.68. The third-order valence-corrected chi connectivity index (χ3v) is 12.0. The largest absolute Gasteiger partial charge is 0.309 e. The zero-order valence-electron chi connectivity index (χ0n) is 72.4. The molecular weight excluding hydrogens is 807 g/mol. The highest BCUT2D eigenvalue weighted by Gasteiger charge is 2.40. The van der Waals surface area contributed by atoms with Gasteiger partial charge in [-0.2, -0.15) is 0 Å². The molecule has 1 nitrogen and oxygen atoms in total. The van der Waals surface area contributed by atoms with Gasteiger partial charge < -0.3 is 4.90 Å². The summed E-state index contributed by atoms with van der Waals surface area (Å²) in [4.78, 5) is 0.478. The first kappa shape index (κ1) is 16.7. The Morgan fingerprint density at radius 1 is 0.373 bits per heavy atom. The number of rotatable bonds is 6. The molecule has 0 fully saturated rings. The summed E-state index contributed by atoms with van der Waals surface area (Å²) in [6, 6.07) is -28.7.